The van der Waals surface area contributed by atoms with Gasteiger partial charge in [0.2, 0.25) is 10.0 Å². The molecular formula is C27H35F3N6O4S. The zero-order valence-corrected chi connectivity index (χ0v) is 23.8. The normalized spacial score (nSPS) is 24.8. The Kier molecular flexibility index (Phi) is 7.22. The Morgan fingerprint density at radius 1 is 1.10 bits per heavy atom. The number of morpholine rings is 1. The number of carbonyl (C=O) groups is 1. The molecule has 4 aliphatic heterocycles. The number of fused-ring (bicyclic) bond motifs is 2. The molecule has 1 aromatic heterocycles. The van der Waals surface area contributed by atoms with Crippen LogP contribution in [0.1, 0.15) is 43.2 Å². The highest BCUT2D eigenvalue weighted by Crippen LogP contribution is 2.43. The van der Waals surface area contributed by atoms with Gasteiger partial charge in [-0.25, -0.2) is 13.2 Å². The van der Waals surface area contributed by atoms with Crippen molar-refractivity contribution >= 4 is 27.6 Å². The minimum absolute atomic E-state index is 0.0496. The van der Waals surface area contributed by atoms with E-state index in [-0.39, 0.29) is 29.3 Å². The van der Waals surface area contributed by atoms with Crippen LogP contribution in [0.15, 0.2) is 30.5 Å². The molecule has 2 atom stereocenters. The van der Waals surface area contributed by atoms with E-state index >= 15 is 0 Å². The minimum atomic E-state index is -4.40. The summed E-state index contributed by atoms with van der Waals surface area (Å²) in [6.07, 6.45) is 2.53. The molecule has 1 spiro atoms. The third-order valence-electron chi connectivity index (χ3n) is 9.01. The number of benzene rings is 1. The summed E-state index contributed by atoms with van der Waals surface area (Å²) in [7, 11) is -3.49. The van der Waals surface area contributed by atoms with Gasteiger partial charge < -0.3 is 14.5 Å². The Labute approximate surface area is 237 Å². The highest BCUT2D eigenvalue weighted by Gasteiger charge is 2.43. The van der Waals surface area contributed by atoms with Crippen molar-refractivity contribution in [3.05, 3.63) is 41.6 Å². The van der Waals surface area contributed by atoms with Crippen molar-refractivity contribution < 1.29 is 31.1 Å². The molecule has 41 heavy (non-hydrogen) atoms. The molecular weight excluding hydrogens is 561 g/mol. The van der Waals surface area contributed by atoms with E-state index in [1.807, 2.05) is 0 Å². The molecule has 2 aromatic rings. The number of hydrogen-bond acceptors (Lipinski definition) is 7. The molecule has 0 saturated carbocycles. The SMILES string of the molecule is CS(=O)(=O)Nc1ccn(C(=O)N2CCC3(CCN(Cc4ccc(C(F)(F)F)cc4N4C5CCC4COC5)C3)CC2)n1. The van der Waals surface area contributed by atoms with Crippen molar-refractivity contribution in [2.75, 3.05) is 55.3 Å². The number of halogens is 3. The number of amides is 1. The van der Waals surface area contributed by atoms with Gasteiger partial charge in [0.05, 0.1) is 37.1 Å². The third kappa shape index (κ3) is 5.91. The van der Waals surface area contributed by atoms with Crippen LogP contribution < -0.4 is 9.62 Å². The van der Waals surface area contributed by atoms with Gasteiger partial charge in [0.15, 0.2) is 5.82 Å². The molecule has 4 saturated heterocycles. The Balaban J connectivity index is 1.11. The van der Waals surface area contributed by atoms with E-state index < -0.39 is 21.8 Å². The van der Waals surface area contributed by atoms with Crippen molar-refractivity contribution in [1.29, 1.82) is 0 Å². The molecule has 1 N–H and O–H groups in total. The van der Waals surface area contributed by atoms with Crippen LogP contribution in [0.2, 0.25) is 0 Å². The summed E-state index contributed by atoms with van der Waals surface area (Å²) in [4.78, 5) is 19.2. The van der Waals surface area contributed by atoms with E-state index in [0.29, 0.717) is 38.5 Å². The van der Waals surface area contributed by atoms with Crippen molar-refractivity contribution in [2.24, 2.45) is 5.41 Å². The van der Waals surface area contributed by atoms with Crippen LogP contribution in [-0.2, 0) is 27.5 Å². The first-order valence-electron chi connectivity index (χ1n) is 14.0. The number of aromatic nitrogens is 2. The van der Waals surface area contributed by atoms with Gasteiger partial charge in [-0.2, -0.15) is 17.9 Å². The van der Waals surface area contributed by atoms with Gasteiger partial charge in [-0.15, -0.1) is 5.10 Å². The summed E-state index contributed by atoms with van der Waals surface area (Å²) in [6.45, 7) is 4.47. The largest absolute Gasteiger partial charge is 0.416 e. The Bertz CT molecular complexity index is 1390. The van der Waals surface area contributed by atoms with Gasteiger partial charge in [0, 0.05) is 44.1 Å². The molecule has 10 nitrogen and oxygen atoms in total. The molecule has 0 aliphatic carbocycles. The van der Waals surface area contributed by atoms with E-state index in [9.17, 15) is 26.4 Å². The molecule has 2 unspecified atom stereocenters. The molecule has 4 fully saturated rings. The molecule has 224 valence electrons. The molecule has 14 heteroatoms. The molecule has 5 heterocycles. The maximum Gasteiger partial charge on any atom is 0.416 e. The van der Waals surface area contributed by atoms with Crippen LogP contribution in [-0.4, -0.2) is 91.8 Å². The fraction of sp³-hybridized carbons (Fsp3) is 0.630. The molecule has 4 aliphatic rings. The highest BCUT2D eigenvalue weighted by molar-refractivity contribution is 7.92. The number of likely N-dealkylation sites (tertiary alicyclic amines) is 2. The molecule has 1 amide bonds. The van der Waals surface area contributed by atoms with Crippen LogP contribution in [0, 0.1) is 5.41 Å². The second kappa shape index (κ2) is 10.5. The predicted molar refractivity (Wildman–Crippen MR) is 146 cm³/mol. The standard InChI is InChI=1S/C27H35F3N6O4S/c1-41(38,39)32-24-6-10-35(31-24)25(37)34-12-8-26(9-13-34)7-11-33(18-26)15-19-2-3-20(27(28,29)30)14-23(19)36-21-4-5-22(36)17-40-16-21/h2-3,6,10,14,21-22H,4-5,7-9,11-13,15-18H2,1H3,(H,31,32). The number of anilines is 2. The van der Waals surface area contributed by atoms with Crippen LogP contribution in [0.5, 0.6) is 0 Å². The maximum absolute atomic E-state index is 13.7. The number of hydrogen-bond donors (Lipinski definition) is 1. The lowest BCUT2D eigenvalue weighted by molar-refractivity contribution is -0.137. The summed E-state index contributed by atoms with van der Waals surface area (Å²) < 4.78 is 73.0. The number of nitrogens with zero attached hydrogens (tertiary/aromatic N) is 5. The second-order valence-corrected chi connectivity index (χ2v) is 13.7. The fourth-order valence-electron chi connectivity index (χ4n) is 6.94. The fourth-order valence-corrected chi connectivity index (χ4v) is 7.43. The quantitative estimate of drug-likeness (QED) is 0.563. The average molecular weight is 597 g/mol. The van der Waals surface area contributed by atoms with Gasteiger partial charge >= 0.3 is 12.2 Å². The Hall–Kier alpha value is -2.84. The predicted octanol–water partition coefficient (Wildman–Crippen LogP) is 3.60. The van der Waals surface area contributed by atoms with E-state index in [0.717, 1.165) is 61.7 Å². The third-order valence-corrected chi connectivity index (χ3v) is 9.59. The van der Waals surface area contributed by atoms with Crippen molar-refractivity contribution in [3.63, 3.8) is 0 Å². The average Bonchev–Trinajstić information content (AvgIpc) is 3.59. The molecule has 1 aromatic carbocycles. The molecule has 2 bridgehead atoms. The number of carbonyl (C=O) groups excluding carboxylic acids is 1. The van der Waals surface area contributed by atoms with E-state index in [4.69, 9.17) is 4.74 Å². The maximum atomic E-state index is 13.7. The van der Waals surface area contributed by atoms with Crippen LogP contribution >= 0.6 is 0 Å². The summed E-state index contributed by atoms with van der Waals surface area (Å²) in [5.74, 6) is 0.0912. The van der Waals surface area contributed by atoms with E-state index in [1.165, 1.54) is 24.4 Å². The lowest BCUT2D eigenvalue weighted by atomic mass is 9.78. The first kappa shape index (κ1) is 28.3. The van der Waals surface area contributed by atoms with Crippen molar-refractivity contribution in [3.8, 4) is 0 Å². The van der Waals surface area contributed by atoms with Gasteiger partial charge in [0.1, 0.15) is 0 Å². The number of alkyl halides is 3. The first-order chi connectivity index (χ1) is 19.4. The van der Waals surface area contributed by atoms with Gasteiger partial charge in [0.25, 0.3) is 0 Å². The van der Waals surface area contributed by atoms with Crippen LogP contribution in [0.3, 0.4) is 0 Å². The zero-order chi connectivity index (χ0) is 29.0. The summed E-state index contributed by atoms with van der Waals surface area (Å²) >= 11 is 0. The summed E-state index contributed by atoms with van der Waals surface area (Å²) in [6, 6.07) is 5.53. The number of rotatable bonds is 5. The Morgan fingerprint density at radius 3 is 2.44 bits per heavy atom. The van der Waals surface area contributed by atoms with Gasteiger partial charge in [-0.05, 0) is 61.8 Å². The lowest BCUT2D eigenvalue weighted by Crippen LogP contribution is -2.47. The van der Waals surface area contributed by atoms with Crippen LogP contribution in [0.4, 0.5) is 29.5 Å². The summed E-state index contributed by atoms with van der Waals surface area (Å²) in [5, 5.41) is 4.05. The monoisotopic (exact) mass is 596 g/mol. The number of nitrogens with one attached hydrogen (secondary N) is 1. The highest BCUT2D eigenvalue weighted by atomic mass is 32.2. The Morgan fingerprint density at radius 2 is 1.78 bits per heavy atom. The molecule has 0 radical (unpaired) electrons. The van der Waals surface area contributed by atoms with Gasteiger partial charge in [-0.3, -0.25) is 9.62 Å². The van der Waals surface area contributed by atoms with Crippen molar-refractivity contribution in [1.82, 2.24) is 19.6 Å². The number of ether oxygens (including phenoxy) is 1. The molecule has 6 rings (SSSR count). The van der Waals surface area contributed by atoms with Gasteiger partial charge in [-0.1, -0.05) is 6.07 Å². The summed E-state index contributed by atoms with van der Waals surface area (Å²) in [5.41, 5.74) is 1.03. The van der Waals surface area contributed by atoms with E-state index in [1.54, 1.807) is 11.0 Å². The number of sulfonamides is 1. The lowest BCUT2D eigenvalue weighted by Gasteiger charge is -2.40. The van der Waals surface area contributed by atoms with E-state index in [2.05, 4.69) is 19.6 Å². The smallest absolute Gasteiger partial charge is 0.377 e. The minimum Gasteiger partial charge on any atom is -0.377 e. The number of piperidine rings is 1. The zero-order valence-electron chi connectivity index (χ0n) is 22.9. The second-order valence-electron chi connectivity index (χ2n) is 11.9. The topological polar surface area (TPSA) is 100 Å². The van der Waals surface area contributed by atoms with Crippen LogP contribution in [0.25, 0.3) is 0 Å². The first-order valence-corrected chi connectivity index (χ1v) is 15.9. The van der Waals surface area contributed by atoms with Crippen molar-refractivity contribution in [2.45, 2.75) is 56.9 Å².